The molecule has 0 unspecified atom stereocenters. The lowest BCUT2D eigenvalue weighted by molar-refractivity contribution is -0.128. The van der Waals surface area contributed by atoms with Crippen LogP contribution in [0.2, 0.25) is 0 Å². The number of nitrogens with one attached hydrogen (secondary N) is 1. The molecular formula is C11H14N2O3. The van der Waals surface area contributed by atoms with E-state index in [2.05, 4.69) is 14.7 Å². The van der Waals surface area contributed by atoms with Crippen LogP contribution in [0.25, 0.3) is 11.0 Å². The number of rotatable bonds is 3. The number of H-pyrrole nitrogens is 1. The number of hydrogen-bond donors (Lipinski definition) is 1. The molecule has 0 aliphatic heterocycles. The molecule has 1 N–H and O–H groups in total. The van der Waals surface area contributed by atoms with Gasteiger partial charge in [-0.2, -0.15) is 0 Å². The van der Waals surface area contributed by atoms with E-state index in [1.54, 1.807) is 14.0 Å². The van der Waals surface area contributed by atoms with Crippen LogP contribution in [0.3, 0.4) is 0 Å². The summed E-state index contributed by atoms with van der Waals surface area (Å²) in [6, 6.07) is 5.69. The van der Waals surface area contributed by atoms with Gasteiger partial charge in [-0.25, -0.2) is 4.98 Å². The molecule has 5 nitrogen and oxygen atoms in total. The first kappa shape index (κ1) is 12.0. The number of fused-ring (bicyclic) bond motifs is 1. The van der Waals surface area contributed by atoms with Crippen LogP contribution in [0.5, 0.6) is 5.88 Å². The monoisotopic (exact) mass is 222 g/mol. The van der Waals surface area contributed by atoms with Gasteiger partial charge in [-0.3, -0.25) is 4.79 Å². The summed E-state index contributed by atoms with van der Waals surface area (Å²) in [5.41, 5.74) is 1.97. The smallest absolute Gasteiger partial charge is 0.293 e. The molecular weight excluding hydrogens is 208 g/mol. The van der Waals surface area contributed by atoms with Gasteiger partial charge in [-0.05, 0) is 19.1 Å². The Hall–Kier alpha value is -2.04. The summed E-state index contributed by atoms with van der Waals surface area (Å²) >= 11 is 0. The van der Waals surface area contributed by atoms with Crippen molar-refractivity contribution in [1.29, 1.82) is 0 Å². The van der Waals surface area contributed by atoms with E-state index in [1.807, 2.05) is 24.4 Å². The number of aromatic nitrogens is 2. The quantitative estimate of drug-likeness (QED) is 0.803. The van der Waals surface area contributed by atoms with Crippen molar-refractivity contribution < 1.29 is 14.3 Å². The summed E-state index contributed by atoms with van der Waals surface area (Å²) < 4.78 is 9.12. The van der Waals surface area contributed by atoms with Gasteiger partial charge in [0.15, 0.2) is 0 Å². The molecule has 5 heteroatoms. The van der Waals surface area contributed by atoms with Gasteiger partial charge in [0.25, 0.3) is 6.47 Å². The van der Waals surface area contributed by atoms with E-state index in [1.165, 1.54) is 0 Å². The maximum absolute atomic E-state index is 9.18. The van der Waals surface area contributed by atoms with Crippen LogP contribution in [0.15, 0.2) is 24.4 Å². The highest BCUT2D eigenvalue weighted by Crippen LogP contribution is 2.13. The SMILES string of the molecule is CCOC=O.COc1ccc2[nH]ccc2n1. The zero-order chi connectivity index (χ0) is 11.8. The Morgan fingerprint density at radius 1 is 1.44 bits per heavy atom. The molecule has 86 valence electrons. The Morgan fingerprint density at radius 3 is 2.81 bits per heavy atom. The third kappa shape index (κ3) is 3.27. The Labute approximate surface area is 93.4 Å². The van der Waals surface area contributed by atoms with Crippen molar-refractivity contribution in [2.24, 2.45) is 0 Å². The predicted octanol–water partition coefficient (Wildman–Crippen LogP) is 1.75. The minimum atomic E-state index is 0.431. The fourth-order valence-electron chi connectivity index (χ4n) is 1.10. The lowest BCUT2D eigenvalue weighted by Crippen LogP contribution is -1.85. The number of aromatic amines is 1. The van der Waals surface area contributed by atoms with Gasteiger partial charge in [-0.1, -0.05) is 0 Å². The normalized spacial score (nSPS) is 9.12. The van der Waals surface area contributed by atoms with Crippen LogP contribution < -0.4 is 4.74 Å². The van der Waals surface area contributed by atoms with E-state index in [4.69, 9.17) is 4.74 Å². The fourth-order valence-corrected chi connectivity index (χ4v) is 1.10. The summed E-state index contributed by atoms with van der Waals surface area (Å²) in [5.74, 6) is 0.650. The van der Waals surface area contributed by atoms with Crippen LogP contribution in [0, 0.1) is 0 Å². The second-order valence-electron chi connectivity index (χ2n) is 2.82. The van der Waals surface area contributed by atoms with Gasteiger partial charge < -0.3 is 14.5 Å². The number of carbonyl (C=O) groups is 1. The first-order valence-corrected chi connectivity index (χ1v) is 4.85. The van der Waals surface area contributed by atoms with Crippen LogP contribution >= 0.6 is 0 Å². The van der Waals surface area contributed by atoms with Gasteiger partial charge in [0.05, 0.1) is 24.8 Å². The highest BCUT2D eigenvalue weighted by atomic mass is 16.5. The largest absolute Gasteiger partial charge is 0.481 e. The minimum absolute atomic E-state index is 0.431. The highest BCUT2D eigenvalue weighted by Gasteiger charge is 1.96. The van der Waals surface area contributed by atoms with Crippen molar-refractivity contribution in [2.45, 2.75) is 6.92 Å². The summed E-state index contributed by atoms with van der Waals surface area (Å²) in [6.45, 7) is 2.66. The van der Waals surface area contributed by atoms with Gasteiger partial charge in [0, 0.05) is 12.3 Å². The van der Waals surface area contributed by atoms with E-state index in [0.717, 1.165) is 11.0 Å². The molecule has 0 saturated carbocycles. The van der Waals surface area contributed by atoms with Crippen LogP contribution in [-0.4, -0.2) is 30.2 Å². The van der Waals surface area contributed by atoms with Crippen LogP contribution in [0.1, 0.15) is 6.92 Å². The maximum Gasteiger partial charge on any atom is 0.293 e. The molecule has 0 amide bonds. The molecule has 2 heterocycles. The average Bonchev–Trinajstić information content (AvgIpc) is 2.77. The maximum atomic E-state index is 9.18. The molecule has 0 aliphatic carbocycles. The van der Waals surface area contributed by atoms with Crippen molar-refractivity contribution in [1.82, 2.24) is 9.97 Å². The van der Waals surface area contributed by atoms with Crippen molar-refractivity contribution in [3.63, 3.8) is 0 Å². The highest BCUT2D eigenvalue weighted by molar-refractivity contribution is 5.75. The zero-order valence-corrected chi connectivity index (χ0v) is 9.27. The van der Waals surface area contributed by atoms with E-state index >= 15 is 0 Å². The molecule has 2 aromatic rings. The Balaban J connectivity index is 0.000000221. The molecule has 16 heavy (non-hydrogen) atoms. The first-order valence-electron chi connectivity index (χ1n) is 4.85. The topological polar surface area (TPSA) is 64.2 Å². The predicted molar refractivity (Wildman–Crippen MR) is 60.3 cm³/mol. The van der Waals surface area contributed by atoms with E-state index < -0.39 is 0 Å². The molecule has 0 spiro atoms. The number of methoxy groups -OCH3 is 1. The third-order valence-electron chi connectivity index (χ3n) is 1.82. The summed E-state index contributed by atoms with van der Waals surface area (Å²) in [6.07, 6.45) is 1.86. The van der Waals surface area contributed by atoms with Crippen LogP contribution in [0.4, 0.5) is 0 Å². The number of pyridine rings is 1. The number of hydrogen-bond acceptors (Lipinski definition) is 4. The second-order valence-corrected chi connectivity index (χ2v) is 2.82. The second kappa shape index (κ2) is 6.44. The number of ether oxygens (including phenoxy) is 2. The molecule has 0 radical (unpaired) electrons. The van der Waals surface area contributed by atoms with Gasteiger partial charge in [0.2, 0.25) is 5.88 Å². The summed E-state index contributed by atoms with van der Waals surface area (Å²) in [5, 5.41) is 0. The summed E-state index contributed by atoms with van der Waals surface area (Å²) in [7, 11) is 1.61. The molecule has 0 bridgehead atoms. The Kier molecular flexibility index (Phi) is 4.85. The standard InChI is InChI=1S/C8H8N2O.C3H6O2/c1-11-8-3-2-6-7(10-8)4-5-9-6;1-2-5-3-4/h2-5,9H,1H3;3H,2H2,1H3. The van der Waals surface area contributed by atoms with E-state index in [-0.39, 0.29) is 0 Å². The van der Waals surface area contributed by atoms with Crippen molar-refractivity contribution >= 4 is 17.5 Å². The van der Waals surface area contributed by atoms with Crippen molar-refractivity contribution in [3.8, 4) is 5.88 Å². The van der Waals surface area contributed by atoms with Crippen molar-refractivity contribution in [3.05, 3.63) is 24.4 Å². The Morgan fingerprint density at radius 2 is 2.25 bits per heavy atom. The molecule has 0 atom stereocenters. The van der Waals surface area contributed by atoms with Crippen LogP contribution in [-0.2, 0) is 9.53 Å². The van der Waals surface area contributed by atoms with E-state index in [0.29, 0.717) is 19.0 Å². The molecule has 0 aliphatic rings. The lowest BCUT2D eigenvalue weighted by Gasteiger charge is -1.96. The molecule has 0 saturated heterocycles. The average molecular weight is 222 g/mol. The molecule has 2 aromatic heterocycles. The van der Waals surface area contributed by atoms with Gasteiger partial charge in [0.1, 0.15) is 0 Å². The van der Waals surface area contributed by atoms with Gasteiger partial charge in [-0.15, -0.1) is 0 Å². The van der Waals surface area contributed by atoms with Crippen molar-refractivity contribution in [2.75, 3.05) is 13.7 Å². The lowest BCUT2D eigenvalue weighted by atomic mass is 10.4. The molecule has 2 rings (SSSR count). The summed E-state index contributed by atoms with van der Waals surface area (Å²) in [4.78, 5) is 16.4. The molecule has 0 aromatic carbocycles. The number of nitrogens with zero attached hydrogens (tertiary/aromatic N) is 1. The Bertz CT molecular complexity index is 439. The first-order chi connectivity index (χ1) is 7.81. The number of carbonyl (C=O) groups excluding carboxylic acids is 1. The molecule has 0 fully saturated rings. The third-order valence-corrected chi connectivity index (χ3v) is 1.82. The zero-order valence-electron chi connectivity index (χ0n) is 9.27. The van der Waals surface area contributed by atoms with Gasteiger partial charge >= 0.3 is 0 Å². The van der Waals surface area contributed by atoms with E-state index in [9.17, 15) is 4.79 Å². The minimum Gasteiger partial charge on any atom is -0.481 e. The fraction of sp³-hybridized carbons (Fsp3) is 0.273.